The molecule has 2 aliphatic rings. The van der Waals surface area contributed by atoms with E-state index < -0.39 is 0 Å². The van der Waals surface area contributed by atoms with Gasteiger partial charge in [0.15, 0.2) is 0 Å². The summed E-state index contributed by atoms with van der Waals surface area (Å²) >= 11 is 0. The number of nitrogens with one attached hydrogen (secondary N) is 1. The lowest BCUT2D eigenvalue weighted by Crippen LogP contribution is -2.46. The van der Waals surface area contributed by atoms with E-state index in [9.17, 15) is 4.79 Å². The first-order valence-corrected chi connectivity index (χ1v) is 8.81. The zero-order chi connectivity index (χ0) is 16.2. The van der Waals surface area contributed by atoms with Crippen molar-refractivity contribution < 1.29 is 9.53 Å². The first-order valence-electron chi connectivity index (χ1n) is 8.81. The SMILES string of the molecule is CC(C)CNC(=O)[C@@H]1C[C@H]2CN(CCc3ccccc3)C[C@H]1O2. The van der Waals surface area contributed by atoms with Gasteiger partial charge in [0.05, 0.1) is 18.1 Å². The third-order valence-electron chi connectivity index (χ3n) is 4.81. The fourth-order valence-corrected chi connectivity index (χ4v) is 3.56. The molecule has 4 heteroatoms. The lowest BCUT2D eigenvalue weighted by molar-refractivity contribution is -0.128. The second-order valence-corrected chi connectivity index (χ2v) is 7.27. The van der Waals surface area contributed by atoms with Crippen molar-refractivity contribution in [1.82, 2.24) is 10.2 Å². The van der Waals surface area contributed by atoms with Crippen molar-refractivity contribution in [3.8, 4) is 0 Å². The van der Waals surface area contributed by atoms with Gasteiger partial charge in [0.2, 0.25) is 5.91 Å². The van der Waals surface area contributed by atoms with Crippen LogP contribution in [0.15, 0.2) is 30.3 Å². The highest BCUT2D eigenvalue weighted by Crippen LogP contribution is 2.32. The minimum atomic E-state index is 0.0282. The van der Waals surface area contributed by atoms with Crippen LogP contribution in [0.25, 0.3) is 0 Å². The fourth-order valence-electron chi connectivity index (χ4n) is 3.56. The summed E-state index contributed by atoms with van der Waals surface area (Å²) in [4.78, 5) is 14.8. The van der Waals surface area contributed by atoms with Crippen LogP contribution in [0, 0.1) is 11.8 Å². The first kappa shape index (κ1) is 16.5. The third kappa shape index (κ3) is 4.33. The summed E-state index contributed by atoms with van der Waals surface area (Å²) < 4.78 is 6.02. The van der Waals surface area contributed by atoms with Crippen molar-refractivity contribution in [3.63, 3.8) is 0 Å². The van der Waals surface area contributed by atoms with Gasteiger partial charge in [-0.2, -0.15) is 0 Å². The average molecular weight is 316 g/mol. The number of hydrogen-bond acceptors (Lipinski definition) is 3. The van der Waals surface area contributed by atoms with E-state index in [-0.39, 0.29) is 24.0 Å². The van der Waals surface area contributed by atoms with Gasteiger partial charge in [0.1, 0.15) is 0 Å². The predicted octanol–water partition coefficient (Wildman–Crippen LogP) is 2.09. The summed E-state index contributed by atoms with van der Waals surface area (Å²) in [7, 11) is 0. The van der Waals surface area contributed by atoms with Crippen LogP contribution in [0.2, 0.25) is 0 Å². The van der Waals surface area contributed by atoms with Gasteiger partial charge in [0.25, 0.3) is 0 Å². The number of carbonyl (C=O) groups excluding carboxylic acids is 1. The van der Waals surface area contributed by atoms with Crippen LogP contribution in [0.4, 0.5) is 0 Å². The Hall–Kier alpha value is -1.39. The molecule has 2 heterocycles. The van der Waals surface area contributed by atoms with E-state index in [2.05, 4.69) is 54.4 Å². The molecule has 1 N–H and O–H groups in total. The Kier molecular flexibility index (Phi) is 5.34. The summed E-state index contributed by atoms with van der Waals surface area (Å²) in [6.07, 6.45) is 2.22. The van der Waals surface area contributed by atoms with Crippen LogP contribution in [-0.2, 0) is 16.0 Å². The molecular formula is C19H28N2O2. The van der Waals surface area contributed by atoms with Gasteiger partial charge in [0, 0.05) is 26.2 Å². The lowest BCUT2D eigenvalue weighted by Gasteiger charge is -2.32. The molecule has 0 saturated carbocycles. The van der Waals surface area contributed by atoms with Crippen LogP contribution in [0.5, 0.6) is 0 Å². The van der Waals surface area contributed by atoms with Crippen LogP contribution in [0.1, 0.15) is 25.8 Å². The van der Waals surface area contributed by atoms with Crippen molar-refractivity contribution in [2.45, 2.75) is 38.9 Å². The number of rotatable bonds is 6. The van der Waals surface area contributed by atoms with Gasteiger partial charge >= 0.3 is 0 Å². The van der Waals surface area contributed by atoms with Crippen molar-refractivity contribution >= 4 is 5.91 Å². The Morgan fingerprint density at radius 3 is 2.83 bits per heavy atom. The maximum absolute atomic E-state index is 12.4. The molecule has 0 radical (unpaired) electrons. The van der Waals surface area contributed by atoms with E-state index in [0.717, 1.165) is 39.0 Å². The van der Waals surface area contributed by atoms with Gasteiger partial charge in [-0.05, 0) is 24.3 Å². The maximum Gasteiger partial charge on any atom is 0.225 e. The highest BCUT2D eigenvalue weighted by atomic mass is 16.5. The monoisotopic (exact) mass is 316 g/mol. The number of ether oxygens (including phenoxy) is 1. The third-order valence-corrected chi connectivity index (χ3v) is 4.81. The number of amides is 1. The van der Waals surface area contributed by atoms with Gasteiger partial charge in [-0.15, -0.1) is 0 Å². The molecule has 0 unspecified atom stereocenters. The Balaban J connectivity index is 1.50. The van der Waals surface area contributed by atoms with Gasteiger partial charge in [-0.25, -0.2) is 0 Å². The zero-order valence-electron chi connectivity index (χ0n) is 14.2. The number of fused-ring (bicyclic) bond motifs is 2. The number of hydrogen-bond donors (Lipinski definition) is 1. The highest BCUT2D eigenvalue weighted by Gasteiger charge is 2.44. The van der Waals surface area contributed by atoms with E-state index in [0.29, 0.717) is 5.92 Å². The van der Waals surface area contributed by atoms with Crippen molar-refractivity contribution in [3.05, 3.63) is 35.9 Å². The number of carbonyl (C=O) groups is 1. The Morgan fingerprint density at radius 1 is 1.30 bits per heavy atom. The molecule has 3 rings (SSSR count). The zero-order valence-corrected chi connectivity index (χ0v) is 14.2. The van der Waals surface area contributed by atoms with Crippen LogP contribution >= 0.6 is 0 Å². The molecule has 126 valence electrons. The summed E-state index contributed by atoms with van der Waals surface area (Å²) in [5, 5.41) is 3.07. The van der Waals surface area contributed by atoms with Crippen molar-refractivity contribution in [1.29, 1.82) is 0 Å². The van der Waals surface area contributed by atoms with Gasteiger partial charge < -0.3 is 10.1 Å². The lowest BCUT2D eigenvalue weighted by atomic mass is 9.99. The highest BCUT2D eigenvalue weighted by molar-refractivity contribution is 5.79. The molecular weight excluding hydrogens is 288 g/mol. The Morgan fingerprint density at radius 2 is 2.09 bits per heavy atom. The molecule has 0 aliphatic carbocycles. The number of likely N-dealkylation sites (tertiary alicyclic amines) is 1. The number of morpholine rings is 1. The molecule has 1 aromatic rings. The van der Waals surface area contributed by atoms with Crippen LogP contribution in [0.3, 0.4) is 0 Å². The second-order valence-electron chi connectivity index (χ2n) is 7.27. The second kappa shape index (κ2) is 7.45. The minimum Gasteiger partial charge on any atom is -0.371 e. The quantitative estimate of drug-likeness (QED) is 0.874. The maximum atomic E-state index is 12.4. The van der Waals surface area contributed by atoms with Crippen LogP contribution < -0.4 is 5.32 Å². The van der Waals surface area contributed by atoms with E-state index in [1.165, 1.54) is 5.56 Å². The molecule has 4 nitrogen and oxygen atoms in total. The van der Waals surface area contributed by atoms with Crippen molar-refractivity contribution in [2.24, 2.45) is 11.8 Å². The van der Waals surface area contributed by atoms with E-state index in [1.807, 2.05) is 0 Å². The smallest absolute Gasteiger partial charge is 0.225 e. The van der Waals surface area contributed by atoms with E-state index >= 15 is 0 Å². The van der Waals surface area contributed by atoms with Gasteiger partial charge in [-0.1, -0.05) is 44.2 Å². The molecule has 0 spiro atoms. The number of nitrogens with zero attached hydrogens (tertiary/aromatic N) is 1. The average Bonchev–Trinajstić information content (AvgIpc) is 2.86. The summed E-state index contributed by atoms with van der Waals surface area (Å²) in [5.74, 6) is 0.694. The molecule has 3 atom stereocenters. The Bertz CT molecular complexity index is 517. The van der Waals surface area contributed by atoms with E-state index in [1.54, 1.807) is 0 Å². The molecule has 2 bridgehead atoms. The predicted molar refractivity (Wildman–Crippen MR) is 91.2 cm³/mol. The standard InChI is InChI=1S/C19H28N2O2/c1-14(2)11-20-19(22)17-10-16-12-21(13-18(17)23-16)9-8-15-6-4-3-5-7-15/h3-7,14,16-18H,8-13H2,1-2H3,(H,20,22)/t16-,17+,18+/m0/s1. The normalized spacial score (nSPS) is 27.3. The molecule has 23 heavy (non-hydrogen) atoms. The van der Waals surface area contributed by atoms with Crippen molar-refractivity contribution in [2.75, 3.05) is 26.2 Å². The molecule has 1 aromatic carbocycles. The minimum absolute atomic E-state index is 0.0282. The fraction of sp³-hybridized carbons (Fsp3) is 0.632. The van der Waals surface area contributed by atoms with Crippen LogP contribution in [-0.4, -0.2) is 49.2 Å². The topological polar surface area (TPSA) is 41.6 Å². The molecule has 2 aliphatic heterocycles. The summed E-state index contributed by atoms with van der Waals surface area (Å²) in [5.41, 5.74) is 1.37. The molecule has 0 aromatic heterocycles. The molecule has 2 saturated heterocycles. The molecule has 1 amide bonds. The number of benzene rings is 1. The largest absolute Gasteiger partial charge is 0.371 e. The first-order chi connectivity index (χ1) is 11.1. The van der Waals surface area contributed by atoms with E-state index in [4.69, 9.17) is 4.74 Å². The van der Waals surface area contributed by atoms with Gasteiger partial charge in [-0.3, -0.25) is 9.69 Å². The Labute approximate surface area is 139 Å². The molecule has 2 fully saturated rings. The summed E-state index contributed by atoms with van der Waals surface area (Å²) in [6.45, 7) is 7.87. The summed E-state index contributed by atoms with van der Waals surface area (Å²) in [6, 6.07) is 10.6.